The molecule has 1 aromatic rings. The fourth-order valence-corrected chi connectivity index (χ4v) is 3.41. The third-order valence-electron chi connectivity index (χ3n) is 4.77. The van der Waals surface area contributed by atoms with Crippen LogP contribution in [-0.2, 0) is 9.53 Å². The molecule has 2 heterocycles. The Bertz CT molecular complexity index is 540. The van der Waals surface area contributed by atoms with E-state index in [1.54, 1.807) is 7.11 Å². The van der Waals surface area contributed by atoms with E-state index in [2.05, 4.69) is 27.7 Å². The molecule has 2 fully saturated rings. The first-order valence-electron chi connectivity index (χ1n) is 8.75. The van der Waals surface area contributed by atoms with E-state index in [0.29, 0.717) is 19.8 Å². The predicted octanol–water partition coefficient (Wildman–Crippen LogP) is 0.937. The van der Waals surface area contributed by atoms with Crippen molar-refractivity contribution in [3.63, 3.8) is 0 Å². The Balaban J connectivity index is 1.66. The number of carbonyl (C=O) groups is 1. The smallest absolute Gasteiger partial charge is 0.239 e. The fourth-order valence-electron chi connectivity index (χ4n) is 3.41. The Morgan fingerprint density at radius 1 is 1.46 bits per heavy atom. The number of methoxy groups -OCH3 is 1. The minimum absolute atomic E-state index is 0.0155. The normalized spacial score (nSPS) is 23.0. The lowest BCUT2D eigenvalue weighted by molar-refractivity contribution is -0.126. The largest absolute Gasteiger partial charge is 0.497 e. The van der Waals surface area contributed by atoms with E-state index in [9.17, 15) is 4.79 Å². The van der Waals surface area contributed by atoms with Crippen LogP contribution in [0.4, 0.5) is 0 Å². The van der Waals surface area contributed by atoms with Crippen LogP contribution in [0.15, 0.2) is 24.3 Å². The maximum absolute atomic E-state index is 12.4. The van der Waals surface area contributed by atoms with Crippen LogP contribution in [0, 0.1) is 0 Å². The molecule has 2 aliphatic rings. The number of benzene rings is 1. The highest BCUT2D eigenvalue weighted by Gasteiger charge is 2.26. The second-order valence-corrected chi connectivity index (χ2v) is 6.36. The Kier molecular flexibility index (Phi) is 6.07. The zero-order chi connectivity index (χ0) is 16.8. The fraction of sp³-hybridized carbons (Fsp3) is 0.611. The van der Waals surface area contributed by atoms with E-state index in [1.807, 2.05) is 12.1 Å². The van der Waals surface area contributed by atoms with Crippen molar-refractivity contribution in [2.75, 3.05) is 46.5 Å². The molecule has 1 amide bonds. The SMILES string of the molecule is COc1cccc(C(CNC(=O)C2COCCN2)N2CCCC2)c1. The van der Waals surface area contributed by atoms with Gasteiger partial charge < -0.3 is 20.1 Å². The number of rotatable bonds is 6. The topological polar surface area (TPSA) is 62.8 Å². The van der Waals surface area contributed by atoms with E-state index >= 15 is 0 Å². The van der Waals surface area contributed by atoms with Gasteiger partial charge in [0, 0.05) is 13.1 Å². The molecule has 2 atom stereocenters. The summed E-state index contributed by atoms with van der Waals surface area (Å²) < 4.78 is 10.7. The number of amides is 1. The summed E-state index contributed by atoms with van der Waals surface area (Å²) in [4.78, 5) is 14.8. The first-order valence-corrected chi connectivity index (χ1v) is 8.75. The van der Waals surface area contributed by atoms with Crippen molar-refractivity contribution < 1.29 is 14.3 Å². The number of nitrogens with zero attached hydrogens (tertiary/aromatic N) is 1. The van der Waals surface area contributed by atoms with Gasteiger partial charge in [-0.15, -0.1) is 0 Å². The van der Waals surface area contributed by atoms with Gasteiger partial charge in [0.2, 0.25) is 5.91 Å². The number of hydrogen-bond acceptors (Lipinski definition) is 5. The molecule has 1 aromatic carbocycles. The molecular formula is C18H27N3O3. The van der Waals surface area contributed by atoms with E-state index in [0.717, 1.165) is 25.4 Å². The number of morpholine rings is 1. The van der Waals surface area contributed by atoms with Crippen molar-refractivity contribution in [1.29, 1.82) is 0 Å². The van der Waals surface area contributed by atoms with Crippen LogP contribution in [0.2, 0.25) is 0 Å². The molecule has 0 radical (unpaired) electrons. The molecular weight excluding hydrogens is 306 g/mol. The third kappa shape index (κ3) is 4.26. The van der Waals surface area contributed by atoms with Crippen LogP contribution in [0.1, 0.15) is 24.4 Å². The van der Waals surface area contributed by atoms with Crippen molar-refractivity contribution in [2.24, 2.45) is 0 Å². The summed E-state index contributed by atoms with van der Waals surface area (Å²) >= 11 is 0. The van der Waals surface area contributed by atoms with E-state index in [1.165, 1.54) is 18.4 Å². The van der Waals surface area contributed by atoms with Gasteiger partial charge in [0.25, 0.3) is 0 Å². The number of ether oxygens (including phenoxy) is 2. The first kappa shape index (κ1) is 17.2. The summed E-state index contributed by atoms with van der Waals surface area (Å²) in [7, 11) is 1.68. The van der Waals surface area contributed by atoms with Gasteiger partial charge in [0.15, 0.2) is 0 Å². The summed E-state index contributed by atoms with van der Waals surface area (Å²) in [6.07, 6.45) is 2.43. The lowest BCUT2D eigenvalue weighted by atomic mass is 10.0. The van der Waals surface area contributed by atoms with Crippen molar-refractivity contribution in [3.8, 4) is 5.75 Å². The average molecular weight is 333 g/mol. The van der Waals surface area contributed by atoms with Crippen LogP contribution in [-0.4, -0.2) is 63.4 Å². The van der Waals surface area contributed by atoms with E-state index in [-0.39, 0.29) is 18.0 Å². The van der Waals surface area contributed by atoms with Gasteiger partial charge >= 0.3 is 0 Å². The third-order valence-corrected chi connectivity index (χ3v) is 4.77. The highest BCUT2D eigenvalue weighted by Crippen LogP contribution is 2.27. The summed E-state index contributed by atoms with van der Waals surface area (Å²) in [5.74, 6) is 0.868. The Labute approximate surface area is 143 Å². The number of hydrogen-bond donors (Lipinski definition) is 2. The van der Waals surface area contributed by atoms with Gasteiger partial charge in [-0.2, -0.15) is 0 Å². The maximum Gasteiger partial charge on any atom is 0.239 e. The van der Waals surface area contributed by atoms with Gasteiger partial charge in [-0.25, -0.2) is 0 Å². The summed E-state index contributed by atoms with van der Waals surface area (Å²) in [6, 6.07) is 8.07. The van der Waals surface area contributed by atoms with Crippen LogP contribution in [0.25, 0.3) is 0 Å². The van der Waals surface area contributed by atoms with Crippen molar-refractivity contribution in [1.82, 2.24) is 15.5 Å². The molecule has 0 spiro atoms. The molecule has 0 aromatic heterocycles. The van der Waals surface area contributed by atoms with Gasteiger partial charge in [0.05, 0.1) is 26.4 Å². The molecule has 2 aliphatic heterocycles. The molecule has 24 heavy (non-hydrogen) atoms. The second kappa shape index (κ2) is 8.46. The lowest BCUT2D eigenvalue weighted by Crippen LogP contribution is -2.52. The first-order chi connectivity index (χ1) is 11.8. The van der Waals surface area contributed by atoms with E-state index in [4.69, 9.17) is 9.47 Å². The number of likely N-dealkylation sites (tertiary alicyclic amines) is 1. The molecule has 3 rings (SSSR count). The predicted molar refractivity (Wildman–Crippen MR) is 92.2 cm³/mol. The molecule has 2 saturated heterocycles. The minimum atomic E-state index is -0.247. The highest BCUT2D eigenvalue weighted by molar-refractivity contribution is 5.82. The molecule has 6 heteroatoms. The number of carbonyl (C=O) groups excluding carboxylic acids is 1. The molecule has 2 N–H and O–H groups in total. The average Bonchev–Trinajstić information content (AvgIpc) is 3.17. The molecule has 6 nitrogen and oxygen atoms in total. The molecule has 0 bridgehead atoms. The standard InChI is InChI=1S/C18H27N3O3/c1-23-15-6-4-5-14(11-15)17(21-8-2-3-9-21)12-20-18(22)16-13-24-10-7-19-16/h4-6,11,16-17,19H,2-3,7-10,12-13H2,1H3,(H,20,22). The highest BCUT2D eigenvalue weighted by atomic mass is 16.5. The quantitative estimate of drug-likeness (QED) is 0.811. The zero-order valence-electron chi connectivity index (χ0n) is 14.3. The van der Waals surface area contributed by atoms with E-state index < -0.39 is 0 Å². The maximum atomic E-state index is 12.4. The van der Waals surface area contributed by atoms with Crippen molar-refractivity contribution >= 4 is 5.91 Å². The Morgan fingerprint density at radius 3 is 3.00 bits per heavy atom. The monoisotopic (exact) mass is 333 g/mol. The van der Waals surface area contributed by atoms with Crippen molar-refractivity contribution in [2.45, 2.75) is 24.9 Å². The molecule has 0 saturated carbocycles. The minimum Gasteiger partial charge on any atom is -0.497 e. The molecule has 0 aliphatic carbocycles. The number of nitrogens with one attached hydrogen (secondary N) is 2. The molecule has 132 valence electrons. The van der Waals surface area contributed by atoms with Crippen LogP contribution < -0.4 is 15.4 Å². The summed E-state index contributed by atoms with van der Waals surface area (Å²) in [5, 5.41) is 6.30. The van der Waals surface area contributed by atoms with Gasteiger partial charge in [-0.05, 0) is 43.6 Å². The Morgan fingerprint density at radius 2 is 2.29 bits per heavy atom. The van der Waals surface area contributed by atoms with Crippen LogP contribution >= 0.6 is 0 Å². The second-order valence-electron chi connectivity index (χ2n) is 6.36. The van der Waals surface area contributed by atoms with Crippen molar-refractivity contribution in [3.05, 3.63) is 29.8 Å². The van der Waals surface area contributed by atoms with Crippen LogP contribution in [0.5, 0.6) is 5.75 Å². The van der Waals surface area contributed by atoms with Gasteiger partial charge in [-0.1, -0.05) is 12.1 Å². The summed E-state index contributed by atoms with van der Waals surface area (Å²) in [5.41, 5.74) is 1.18. The molecule has 2 unspecified atom stereocenters. The van der Waals surface area contributed by atoms with Crippen LogP contribution in [0.3, 0.4) is 0 Å². The lowest BCUT2D eigenvalue weighted by Gasteiger charge is -2.30. The summed E-state index contributed by atoms with van der Waals surface area (Å²) in [6.45, 7) is 4.59. The van der Waals surface area contributed by atoms with Gasteiger partial charge in [0.1, 0.15) is 11.8 Å². The zero-order valence-corrected chi connectivity index (χ0v) is 14.3. The van der Waals surface area contributed by atoms with Gasteiger partial charge in [-0.3, -0.25) is 9.69 Å². The Hall–Kier alpha value is -1.63.